The van der Waals surface area contributed by atoms with Gasteiger partial charge in [0.05, 0.1) is 21.3 Å². The normalized spacial score (nSPS) is 13.6. The van der Waals surface area contributed by atoms with E-state index < -0.39 is 5.97 Å². The monoisotopic (exact) mass is 403 g/mol. The molecule has 0 heterocycles. The van der Waals surface area contributed by atoms with E-state index in [1.807, 2.05) is 0 Å². The SMILES string of the molecule is COc1cc(/C=C/C(=O)OCC(=O)NCCC2=CCCCC2)cc(OC)c1OC. The molecule has 1 N–H and O–H groups in total. The molecule has 1 aromatic rings. The smallest absolute Gasteiger partial charge is 0.331 e. The van der Waals surface area contributed by atoms with E-state index in [0.29, 0.717) is 29.4 Å². The Morgan fingerprint density at radius 1 is 1.07 bits per heavy atom. The fourth-order valence-corrected chi connectivity index (χ4v) is 3.09. The summed E-state index contributed by atoms with van der Waals surface area (Å²) in [6, 6.07) is 3.41. The standard InChI is InChI=1S/C22H29NO6/c1-26-18-13-17(14-19(27-2)22(18)28-3)9-10-21(25)29-15-20(24)23-12-11-16-7-5-4-6-8-16/h7,9-10,13-14H,4-6,8,11-12,15H2,1-3H3,(H,23,24)/b10-9+. The van der Waals surface area contributed by atoms with E-state index in [4.69, 9.17) is 18.9 Å². The summed E-state index contributed by atoms with van der Waals surface area (Å²) in [5, 5.41) is 2.77. The molecule has 0 aromatic heterocycles. The molecule has 0 radical (unpaired) electrons. The van der Waals surface area contributed by atoms with Gasteiger partial charge in [-0.15, -0.1) is 0 Å². The van der Waals surface area contributed by atoms with Crippen molar-refractivity contribution in [3.8, 4) is 17.2 Å². The van der Waals surface area contributed by atoms with E-state index in [1.54, 1.807) is 18.2 Å². The molecule has 0 aliphatic heterocycles. The molecule has 0 unspecified atom stereocenters. The Kier molecular flexibility index (Phi) is 9.08. The highest BCUT2D eigenvalue weighted by Gasteiger charge is 2.12. The van der Waals surface area contributed by atoms with E-state index in [0.717, 1.165) is 19.3 Å². The van der Waals surface area contributed by atoms with Crippen molar-refractivity contribution in [1.29, 1.82) is 0 Å². The molecule has 1 amide bonds. The van der Waals surface area contributed by atoms with Gasteiger partial charge in [0.25, 0.3) is 5.91 Å². The van der Waals surface area contributed by atoms with Crippen LogP contribution in [0.2, 0.25) is 0 Å². The fourth-order valence-electron chi connectivity index (χ4n) is 3.09. The molecule has 0 spiro atoms. The zero-order valence-electron chi connectivity index (χ0n) is 17.3. The largest absolute Gasteiger partial charge is 0.493 e. The number of benzene rings is 1. The van der Waals surface area contributed by atoms with Gasteiger partial charge < -0.3 is 24.3 Å². The third-order valence-electron chi connectivity index (χ3n) is 4.60. The molecule has 0 saturated heterocycles. The van der Waals surface area contributed by atoms with E-state index >= 15 is 0 Å². The highest BCUT2D eigenvalue weighted by atomic mass is 16.5. The van der Waals surface area contributed by atoms with Gasteiger partial charge in [-0.05, 0) is 55.9 Å². The van der Waals surface area contributed by atoms with Crippen molar-refractivity contribution in [2.75, 3.05) is 34.5 Å². The van der Waals surface area contributed by atoms with Crippen molar-refractivity contribution in [3.05, 3.63) is 35.4 Å². The average molecular weight is 403 g/mol. The van der Waals surface area contributed by atoms with Crippen LogP contribution in [-0.4, -0.2) is 46.4 Å². The summed E-state index contributed by atoms with van der Waals surface area (Å²) in [5.74, 6) is 0.509. The number of amides is 1. The summed E-state index contributed by atoms with van der Waals surface area (Å²) in [7, 11) is 4.55. The summed E-state index contributed by atoms with van der Waals surface area (Å²) in [5.41, 5.74) is 2.06. The Morgan fingerprint density at radius 2 is 1.79 bits per heavy atom. The maximum absolute atomic E-state index is 11.9. The van der Waals surface area contributed by atoms with E-state index in [1.165, 1.54) is 45.8 Å². The number of hydrogen-bond acceptors (Lipinski definition) is 6. The molecule has 0 atom stereocenters. The van der Waals surface area contributed by atoms with Gasteiger partial charge in [-0.1, -0.05) is 11.6 Å². The zero-order valence-corrected chi connectivity index (χ0v) is 17.3. The van der Waals surface area contributed by atoms with Crippen molar-refractivity contribution in [1.82, 2.24) is 5.32 Å². The molecule has 0 fully saturated rings. The lowest BCUT2D eigenvalue weighted by Crippen LogP contribution is -2.29. The molecule has 0 bridgehead atoms. The summed E-state index contributed by atoms with van der Waals surface area (Å²) in [6.07, 6.45) is 10.6. The van der Waals surface area contributed by atoms with E-state index in [-0.39, 0.29) is 12.5 Å². The minimum atomic E-state index is -0.608. The van der Waals surface area contributed by atoms with Crippen LogP contribution in [0.25, 0.3) is 6.08 Å². The first kappa shape index (κ1) is 22.3. The minimum Gasteiger partial charge on any atom is -0.493 e. The molecule has 0 saturated carbocycles. The third-order valence-corrected chi connectivity index (χ3v) is 4.60. The Balaban J connectivity index is 1.80. The first-order valence-electron chi connectivity index (χ1n) is 9.66. The molecule has 1 aliphatic rings. The molecular formula is C22H29NO6. The van der Waals surface area contributed by atoms with Gasteiger partial charge in [0.15, 0.2) is 18.1 Å². The number of ether oxygens (including phenoxy) is 4. The highest BCUT2D eigenvalue weighted by Crippen LogP contribution is 2.38. The predicted molar refractivity (Wildman–Crippen MR) is 110 cm³/mol. The van der Waals surface area contributed by atoms with E-state index in [2.05, 4.69) is 11.4 Å². The number of esters is 1. The van der Waals surface area contributed by atoms with Crippen LogP contribution in [0, 0.1) is 0 Å². The van der Waals surface area contributed by atoms with Crippen molar-refractivity contribution < 1.29 is 28.5 Å². The first-order chi connectivity index (χ1) is 14.1. The molecule has 158 valence electrons. The second-order valence-corrected chi connectivity index (χ2v) is 6.61. The first-order valence-corrected chi connectivity index (χ1v) is 9.66. The lowest BCUT2D eigenvalue weighted by Gasteiger charge is -2.13. The van der Waals surface area contributed by atoms with Gasteiger partial charge in [-0.25, -0.2) is 4.79 Å². The van der Waals surface area contributed by atoms with Crippen LogP contribution >= 0.6 is 0 Å². The number of rotatable bonds is 10. The quantitative estimate of drug-likeness (QED) is 0.367. The van der Waals surface area contributed by atoms with Gasteiger partial charge in [0.2, 0.25) is 5.75 Å². The predicted octanol–water partition coefficient (Wildman–Crippen LogP) is 3.28. The highest BCUT2D eigenvalue weighted by molar-refractivity contribution is 5.89. The summed E-state index contributed by atoms with van der Waals surface area (Å²) >= 11 is 0. The average Bonchev–Trinajstić information content (AvgIpc) is 2.76. The van der Waals surface area contributed by atoms with Gasteiger partial charge in [0.1, 0.15) is 0 Å². The lowest BCUT2D eigenvalue weighted by atomic mass is 9.97. The van der Waals surface area contributed by atoms with Gasteiger partial charge in [0, 0.05) is 12.6 Å². The number of nitrogens with one attached hydrogen (secondary N) is 1. The second kappa shape index (κ2) is 11.8. The Bertz CT molecular complexity index is 744. The van der Waals surface area contributed by atoms with Crippen molar-refractivity contribution >= 4 is 18.0 Å². The second-order valence-electron chi connectivity index (χ2n) is 6.61. The summed E-state index contributed by atoms with van der Waals surface area (Å²) < 4.78 is 20.8. The third kappa shape index (κ3) is 7.18. The van der Waals surface area contributed by atoms with Crippen LogP contribution < -0.4 is 19.5 Å². The van der Waals surface area contributed by atoms with Crippen molar-refractivity contribution in [3.63, 3.8) is 0 Å². The van der Waals surface area contributed by atoms with Crippen LogP contribution in [0.5, 0.6) is 17.2 Å². The summed E-state index contributed by atoms with van der Waals surface area (Å²) in [4.78, 5) is 23.7. The van der Waals surface area contributed by atoms with Crippen LogP contribution in [0.4, 0.5) is 0 Å². The number of carbonyl (C=O) groups excluding carboxylic acids is 2. The Hall–Kier alpha value is -2.96. The fraction of sp³-hybridized carbons (Fsp3) is 0.455. The lowest BCUT2D eigenvalue weighted by molar-refractivity contribution is -0.143. The molecule has 29 heavy (non-hydrogen) atoms. The molecule has 2 rings (SSSR count). The zero-order chi connectivity index (χ0) is 21.1. The molecule has 7 nitrogen and oxygen atoms in total. The van der Waals surface area contributed by atoms with Crippen LogP contribution in [0.3, 0.4) is 0 Å². The van der Waals surface area contributed by atoms with Gasteiger partial charge >= 0.3 is 5.97 Å². The number of allylic oxidation sites excluding steroid dienone is 1. The maximum atomic E-state index is 11.9. The van der Waals surface area contributed by atoms with Crippen LogP contribution in [0.1, 0.15) is 37.7 Å². The molecular weight excluding hydrogens is 374 g/mol. The van der Waals surface area contributed by atoms with Gasteiger partial charge in [-0.2, -0.15) is 0 Å². The Labute approximate surface area is 171 Å². The van der Waals surface area contributed by atoms with Crippen LogP contribution in [-0.2, 0) is 14.3 Å². The molecule has 7 heteroatoms. The van der Waals surface area contributed by atoms with Crippen molar-refractivity contribution in [2.45, 2.75) is 32.1 Å². The van der Waals surface area contributed by atoms with Crippen LogP contribution in [0.15, 0.2) is 29.9 Å². The topological polar surface area (TPSA) is 83.1 Å². The van der Waals surface area contributed by atoms with Gasteiger partial charge in [-0.3, -0.25) is 4.79 Å². The summed E-state index contributed by atoms with van der Waals surface area (Å²) in [6.45, 7) is 0.251. The number of methoxy groups -OCH3 is 3. The number of hydrogen-bond donors (Lipinski definition) is 1. The molecule has 1 aromatic carbocycles. The maximum Gasteiger partial charge on any atom is 0.331 e. The number of carbonyl (C=O) groups is 2. The minimum absolute atomic E-state index is 0.308. The van der Waals surface area contributed by atoms with Crippen molar-refractivity contribution in [2.24, 2.45) is 0 Å². The van der Waals surface area contributed by atoms with E-state index in [9.17, 15) is 9.59 Å². The molecule has 1 aliphatic carbocycles. The Morgan fingerprint density at radius 3 is 2.38 bits per heavy atom.